The zero-order valence-electron chi connectivity index (χ0n) is 17.1. The molecular weight excluding hydrogens is 388 g/mol. The van der Waals surface area contributed by atoms with Crippen LogP contribution in [-0.2, 0) is 16.6 Å². The molecule has 8 nitrogen and oxygen atoms in total. The molecule has 2 N–H and O–H groups in total. The van der Waals surface area contributed by atoms with E-state index >= 15 is 0 Å². The molecule has 1 aliphatic carbocycles. The average Bonchev–Trinajstić information content (AvgIpc) is 3.13. The summed E-state index contributed by atoms with van der Waals surface area (Å²) in [5, 5.41) is 7.54. The first kappa shape index (κ1) is 21.3. The molecule has 158 valence electrons. The van der Waals surface area contributed by atoms with Crippen LogP contribution in [0.2, 0.25) is 0 Å². The van der Waals surface area contributed by atoms with Gasteiger partial charge in [0, 0.05) is 45.5 Å². The molecule has 9 heteroatoms. The highest BCUT2D eigenvalue weighted by molar-refractivity contribution is 7.89. The van der Waals surface area contributed by atoms with E-state index in [4.69, 9.17) is 0 Å². The maximum absolute atomic E-state index is 12.1. The number of aliphatic imine (C=N–C) groups is 1. The second-order valence-electron chi connectivity index (χ2n) is 7.42. The Morgan fingerprint density at radius 3 is 2.72 bits per heavy atom. The second-order valence-corrected chi connectivity index (χ2v) is 9.35. The summed E-state index contributed by atoms with van der Waals surface area (Å²) in [6, 6.07) is 9.93. The maximum atomic E-state index is 12.1. The molecule has 0 spiro atoms. The Hall–Kier alpha value is -2.39. The zero-order valence-corrected chi connectivity index (χ0v) is 17.9. The minimum Gasteiger partial charge on any atom is -0.355 e. The lowest BCUT2D eigenvalue weighted by atomic mass is 9.86. The van der Waals surface area contributed by atoms with Gasteiger partial charge in [-0.15, -0.1) is 0 Å². The molecule has 1 aromatic carbocycles. The summed E-state index contributed by atoms with van der Waals surface area (Å²) in [5.41, 5.74) is 2.04. The van der Waals surface area contributed by atoms with Gasteiger partial charge in [0.1, 0.15) is 0 Å². The van der Waals surface area contributed by atoms with Gasteiger partial charge < -0.3 is 10.2 Å². The fourth-order valence-corrected chi connectivity index (χ4v) is 4.21. The molecule has 2 aromatic rings. The predicted octanol–water partition coefficient (Wildman–Crippen LogP) is 1.60. The third kappa shape index (κ3) is 6.30. The van der Waals surface area contributed by atoms with Crippen LogP contribution in [0.4, 0.5) is 0 Å². The van der Waals surface area contributed by atoms with Crippen molar-refractivity contribution in [3.05, 3.63) is 48.3 Å². The Morgan fingerprint density at radius 2 is 2.07 bits per heavy atom. The molecule has 3 rings (SSSR count). The van der Waals surface area contributed by atoms with Crippen molar-refractivity contribution >= 4 is 16.0 Å². The second kappa shape index (κ2) is 9.89. The molecule has 0 aliphatic heterocycles. The maximum Gasteiger partial charge on any atom is 0.213 e. The SMILES string of the molecule is CN=C(NCCS(=O)(=O)NCC1CCC1)N(C)Cc1cnn(-c2ccccc2)c1. The smallest absolute Gasteiger partial charge is 0.213 e. The van der Waals surface area contributed by atoms with Crippen LogP contribution in [0, 0.1) is 5.92 Å². The van der Waals surface area contributed by atoms with Crippen molar-refractivity contribution in [2.45, 2.75) is 25.8 Å². The van der Waals surface area contributed by atoms with Crippen molar-refractivity contribution in [3.8, 4) is 5.69 Å². The van der Waals surface area contributed by atoms with Gasteiger partial charge in [-0.05, 0) is 30.9 Å². The first-order chi connectivity index (χ1) is 14.0. The van der Waals surface area contributed by atoms with E-state index < -0.39 is 10.0 Å². The van der Waals surface area contributed by atoms with E-state index in [0.717, 1.165) is 24.1 Å². The third-order valence-corrected chi connectivity index (χ3v) is 6.47. The molecule has 1 heterocycles. The molecule has 0 radical (unpaired) electrons. The summed E-state index contributed by atoms with van der Waals surface area (Å²) in [5.74, 6) is 1.18. The monoisotopic (exact) mass is 418 g/mol. The van der Waals surface area contributed by atoms with Crippen LogP contribution in [0.5, 0.6) is 0 Å². The molecule has 0 unspecified atom stereocenters. The summed E-state index contributed by atoms with van der Waals surface area (Å²) in [4.78, 5) is 6.20. The van der Waals surface area contributed by atoms with E-state index in [-0.39, 0.29) is 5.75 Å². The molecule has 1 aromatic heterocycles. The van der Waals surface area contributed by atoms with Crippen molar-refractivity contribution in [1.82, 2.24) is 24.7 Å². The van der Waals surface area contributed by atoms with Crippen LogP contribution in [0.25, 0.3) is 5.69 Å². The van der Waals surface area contributed by atoms with Crippen LogP contribution < -0.4 is 10.0 Å². The van der Waals surface area contributed by atoms with E-state index in [1.165, 1.54) is 6.42 Å². The number of aromatic nitrogens is 2. The van der Waals surface area contributed by atoms with E-state index in [2.05, 4.69) is 20.1 Å². The Balaban J connectivity index is 1.46. The lowest BCUT2D eigenvalue weighted by molar-refractivity contribution is 0.316. The minimum absolute atomic E-state index is 0.0263. The average molecular weight is 419 g/mol. The minimum atomic E-state index is -3.27. The van der Waals surface area contributed by atoms with Crippen molar-refractivity contribution < 1.29 is 8.42 Å². The third-order valence-electron chi connectivity index (χ3n) is 5.12. The van der Waals surface area contributed by atoms with Gasteiger partial charge in [-0.2, -0.15) is 5.10 Å². The number of benzene rings is 1. The lowest BCUT2D eigenvalue weighted by Gasteiger charge is -2.25. The summed E-state index contributed by atoms with van der Waals surface area (Å²) >= 11 is 0. The van der Waals surface area contributed by atoms with E-state index in [1.54, 1.807) is 7.05 Å². The number of rotatable bonds is 9. The number of nitrogens with one attached hydrogen (secondary N) is 2. The summed E-state index contributed by atoms with van der Waals surface area (Å²) in [6.07, 6.45) is 7.26. The number of guanidine groups is 1. The Labute approximate surface area is 173 Å². The Bertz CT molecular complexity index is 906. The van der Waals surface area contributed by atoms with Crippen molar-refractivity contribution in [3.63, 3.8) is 0 Å². The highest BCUT2D eigenvalue weighted by atomic mass is 32.2. The topological polar surface area (TPSA) is 91.6 Å². The first-order valence-corrected chi connectivity index (χ1v) is 11.6. The number of para-hydroxylation sites is 1. The van der Waals surface area contributed by atoms with E-state index in [9.17, 15) is 8.42 Å². The summed E-state index contributed by atoms with van der Waals surface area (Å²) in [6.45, 7) is 1.47. The highest BCUT2D eigenvalue weighted by Crippen LogP contribution is 2.25. The molecular formula is C20H30N6O2S. The highest BCUT2D eigenvalue weighted by Gasteiger charge is 2.20. The molecule has 29 heavy (non-hydrogen) atoms. The van der Waals surface area contributed by atoms with Crippen LogP contribution in [0.1, 0.15) is 24.8 Å². The van der Waals surface area contributed by atoms with E-state index in [0.29, 0.717) is 31.5 Å². The Morgan fingerprint density at radius 1 is 1.31 bits per heavy atom. The fourth-order valence-electron chi connectivity index (χ4n) is 3.21. The van der Waals surface area contributed by atoms with Gasteiger partial charge in [0.05, 0.1) is 17.6 Å². The van der Waals surface area contributed by atoms with Crippen LogP contribution in [0.15, 0.2) is 47.7 Å². The standard InChI is InChI=1S/C20H30N6O2S/c1-21-20(22-11-12-29(27,28)24-14-17-7-6-8-17)25(2)15-18-13-23-26(16-18)19-9-4-3-5-10-19/h3-5,9-10,13,16-17,24H,6-8,11-12,14-15H2,1-2H3,(H,21,22). The van der Waals surface area contributed by atoms with E-state index in [1.807, 2.05) is 59.4 Å². The molecule has 1 aliphatic rings. The number of sulfonamides is 1. The van der Waals surface area contributed by atoms with Gasteiger partial charge in [0.2, 0.25) is 10.0 Å². The van der Waals surface area contributed by atoms with Gasteiger partial charge >= 0.3 is 0 Å². The van der Waals surface area contributed by atoms with Gasteiger partial charge in [-0.1, -0.05) is 24.6 Å². The van der Waals surface area contributed by atoms with Crippen LogP contribution in [0.3, 0.4) is 0 Å². The van der Waals surface area contributed by atoms with Gasteiger partial charge in [-0.3, -0.25) is 4.99 Å². The van der Waals surface area contributed by atoms with Crippen molar-refractivity contribution in [2.75, 3.05) is 32.9 Å². The van der Waals surface area contributed by atoms with Crippen LogP contribution in [-0.4, -0.2) is 62.0 Å². The zero-order chi connectivity index (χ0) is 20.7. The summed E-state index contributed by atoms with van der Waals surface area (Å²) < 4.78 is 28.8. The number of hydrogen-bond acceptors (Lipinski definition) is 4. The van der Waals surface area contributed by atoms with Crippen molar-refractivity contribution in [2.24, 2.45) is 10.9 Å². The number of hydrogen-bond donors (Lipinski definition) is 2. The molecule has 0 amide bonds. The van der Waals surface area contributed by atoms with Gasteiger partial charge in [0.25, 0.3) is 0 Å². The molecule has 0 atom stereocenters. The van der Waals surface area contributed by atoms with Crippen LogP contribution >= 0.6 is 0 Å². The Kier molecular flexibility index (Phi) is 7.27. The fraction of sp³-hybridized carbons (Fsp3) is 0.500. The first-order valence-electron chi connectivity index (χ1n) is 9.95. The van der Waals surface area contributed by atoms with Crippen molar-refractivity contribution in [1.29, 1.82) is 0 Å². The molecule has 1 fully saturated rings. The summed E-state index contributed by atoms with van der Waals surface area (Å²) in [7, 11) is 0.337. The number of nitrogens with zero attached hydrogens (tertiary/aromatic N) is 4. The lowest BCUT2D eigenvalue weighted by Crippen LogP contribution is -2.42. The predicted molar refractivity (Wildman–Crippen MR) is 116 cm³/mol. The normalized spacial score (nSPS) is 15.2. The molecule has 1 saturated carbocycles. The quantitative estimate of drug-likeness (QED) is 0.477. The van der Waals surface area contributed by atoms with Gasteiger partial charge in [-0.25, -0.2) is 17.8 Å². The molecule has 0 saturated heterocycles. The molecule has 0 bridgehead atoms. The van der Waals surface area contributed by atoms with Gasteiger partial charge in [0.15, 0.2) is 5.96 Å². The largest absolute Gasteiger partial charge is 0.355 e.